The zero-order chi connectivity index (χ0) is 12.3. The van der Waals surface area contributed by atoms with Gasteiger partial charge in [0.1, 0.15) is 0 Å². The summed E-state index contributed by atoms with van der Waals surface area (Å²) in [6.07, 6.45) is 1.49. The van der Waals surface area contributed by atoms with Crippen LogP contribution in [0.15, 0.2) is 22.7 Å². The number of aryl methyl sites for hydroxylation is 1. The number of hydrogen-bond donors (Lipinski definition) is 1. The van der Waals surface area contributed by atoms with Crippen LogP contribution in [0.2, 0.25) is 0 Å². The summed E-state index contributed by atoms with van der Waals surface area (Å²) >= 11 is 3.43. The van der Waals surface area contributed by atoms with E-state index in [1.807, 2.05) is 12.1 Å². The molecule has 1 rings (SSSR count). The second kappa shape index (κ2) is 5.00. The molecule has 0 unspecified atom stereocenters. The summed E-state index contributed by atoms with van der Waals surface area (Å²) in [5, 5.41) is 9.11. The fourth-order valence-electron chi connectivity index (χ4n) is 1.65. The Morgan fingerprint density at radius 1 is 1.38 bits per heavy atom. The SMILES string of the molecule is CCc1cc(Br)ccc1CC(C)(C)C(=O)O. The molecule has 16 heavy (non-hydrogen) atoms. The maximum atomic E-state index is 11.1. The molecule has 0 aliphatic carbocycles. The van der Waals surface area contributed by atoms with Crippen molar-refractivity contribution in [3.63, 3.8) is 0 Å². The van der Waals surface area contributed by atoms with Crippen molar-refractivity contribution in [2.45, 2.75) is 33.6 Å². The molecule has 0 radical (unpaired) electrons. The van der Waals surface area contributed by atoms with Gasteiger partial charge in [-0.05, 0) is 49.9 Å². The van der Waals surface area contributed by atoms with E-state index in [4.69, 9.17) is 5.11 Å². The van der Waals surface area contributed by atoms with Gasteiger partial charge in [0.15, 0.2) is 0 Å². The number of halogens is 1. The van der Waals surface area contributed by atoms with Crippen LogP contribution in [0.3, 0.4) is 0 Å². The number of rotatable bonds is 4. The van der Waals surface area contributed by atoms with Crippen LogP contribution in [0.4, 0.5) is 0 Å². The molecule has 1 aromatic rings. The van der Waals surface area contributed by atoms with Gasteiger partial charge in [-0.3, -0.25) is 4.79 Å². The van der Waals surface area contributed by atoms with Gasteiger partial charge in [0.25, 0.3) is 0 Å². The lowest BCUT2D eigenvalue weighted by molar-refractivity contribution is -0.146. The molecule has 0 aliphatic rings. The molecule has 2 nitrogen and oxygen atoms in total. The third-order valence-corrected chi connectivity index (χ3v) is 3.25. The van der Waals surface area contributed by atoms with Crippen LogP contribution in [-0.2, 0) is 17.6 Å². The average Bonchev–Trinajstić information content (AvgIpc) is 2.20. The van der Waals surface area contributed by atoms with E-state index < -0.39 is 11.4 Å². The van der Waals surface area contributed by atoms with Crippen LogP contribution in [0, 0.1) is 5.41 Å². The zero-order valence-corrected chi connectivity index (χ0v) is 11.5. The summed E-state index contributed by atoms with van der Waals surface area (Å²) in [6, 6.07) is 6.04. The van der Waals surface area contributed by atoms with Crippen molar-refractivity contribution >= 4 is 21.9 Å². The summed E-state index contributed by atoms with van der Waals surface area (Å²) in [5.41, 5.74) is 1.62. The minimum absolute atomic E-state index is 0.568. The second-order valence-electron chi connectivity index (χ2n) is 4.63. The molecule has 0 fully saturated rings. The molecule has 0 bridgehead atoms. The van der Waals surface area contributed by atoms with Gasteiger partial charge < -0.3 is 5.11 Å². The third-order valence-electron chi connectivity index (χ3n) is 2.76. The molecule has 0 heterocycles. The molecule has 1 N–H and O–H groups in total. The minimum atomic E-state index is -0.752. The number of carbonyl (C=O) groups is 1. The largest absolute Gasteiger partial charge is 0.481 e. The van der Waals surface area contributed by atoms with Gasteiger partial charge in [0.2, 0.25) is 0 Å². The predicted octanol–water partition coefficient (Wildman–Crippen LogP) is 3.66. The second-order valence-corrected chi connectivity index (χ2v) is 5.55. The summed E-state index contributed by atoms with van der Waals surface area (Å²) in [5.74, 6) is -0.752. The average molecular weight is 285 g/mol. The van der Waals surface area contributed by atoms with Crippen molar-refractivity contribution in [2.75, 3.05) is 0 Å². The van der Waals surface area contributed by atoms with Gasteiger partial charge in [0, 0.05) is 4.47 Å². The van der Waals surface area contributed by atoms with Crippen molar-refractivity contribution in [1.29, 1.82) is 0 Å². The molecule has 3 heteroatoms. The van der Waals surface area contributed by atoms with E-state index in [-0.39, 0.29) is 0 Å². The first-order chi connectivity index (χ1) is 7.36. The fraction of sp³-hybridized carbons (Fsp3) is 0.462. The van der Waals surface area contributed by atoms with Gasteiger partial charge in [0.05, 0.1) is 5.41 Å². The highest BCUT2D eigenvalue weighted by atomic mass is 79.9. The molecule has 0 aliphatic heterocycles. The van der Waals surface area contributed by atoms with Gasteiger partial charge in [-0.1, -0.05) is 28.9 Å². The van der Waals surface area contributed by atoms with Crippen LogP contribution in [-0.4, -0.2) is 11.1 Å². The van der Waals surface area contributed by atoms with E-state index in [1.54, 1.807) is 13.8 Å². The zero-order valence-electron chi connectivity index (χ0n) is 9.88. The summed E-state index contributed by atoms with van der Waals surface area (Å²) < 4.78 is 1.04. The Morgan fingerprint density at radius 3 is 2.50 bits per heavy atom. The summed E-state index contributed by atoms with van der Waals surface area (Å²) in [7, 11) is 0. The Hall–Kier alpha value is -0.830. The van der Waals surface area contributed by atoms with E-state index >= 15 is 0 Å². The van der Waals surface area contributed by atoms with Gasteiger partial charge in [-0.25, -0.2) is 0 Å². The number of carboxylic acids is 1. The normalized spacial score (nSPS) is 11.5. The summed E-state index contributed by atoms with van der Waals surface area (Å²) in [6.45, 7) is 5.60. The fourth-order valence-corrected chi connectivity index (χ4v) is 2.06. The number of carboxylic acid groups (broad SMARTS) is 1. The van der Waals surface area contributed by atoms with Crippen molar-refractivity contribution < 1.29 is 9.90 Å². The highest BCUT2D eigenvalue weighted by Gasteiger charge is 2.28. The first-order valence-electron chi connectivity index (χ1n) is 5.37. The highest BCUT2D eigenvalue weighted by Crippen LogP contribution is 2.26. The Morgan fingerprint density at radius 2 is 2.00 bits per heavy atom. The topological polar surface area (TPSA) is 37.3 Å². The molecular weight excluding hydrogens is 268 g/mol. The molecule has 0 aromatic heterocycles. The summed E-state index contributed by atoms with van der Waals surface area (Å²) in [4.78, 5) is 11.1. The molecule has 0 atom stereocenters. The number of hydrogen-bond acceptors (Lipinski definition) is 1. The highest BCUT2D eigenvalue weighted by molar-refractivity contribution is 9.10. The first kappa shape index (κ1) is 13.2. The molecule has 0 spiro atoms. The van der Waals surface area contributed by atoms with Crippen molar-refractivity contribution in [3.05, 3.63) is 33.8 Å². The van der Waals surface area contributed by atoms with E-state index in [1.165, 1.54) is 5.56 Å². The van der Waals surface area contributed by atoms with Crippen LogP contribution in [0.5, 0.6) is 0 Å². The van der Waals surface area contributed by atoms with E-state index in [2.05, 4.69) is 28.9 Å². The monoisotopic (exact) mass is 284 g/mol. The lowest BCUT2D eigenvalue weighted by Crippen LogP contribution is -2.26. The van der Waals surface area contributed by atoms with Crippen LogP contribution in [0.25, 0.3) is 0 Å². The van der Waals surface area contributed by atoms with E-state index in [9.17, 15) is 4.79 Å². The van der Waals surface area contributed by atoms with Crippen molar-refractivity contribution in [3.8, 4) is 0 Å². The lowest BCUT2D eigenvalue weighted by Gasteiger charge is -2.20. The molecule has 0 saturated heterocycles. The Labute approximate surface area is 105 Å². The van der Waals surface area contributed by atoms with Crippen LogP contribution in [0.1, 0.15) is 31.9 Å². The molecular formula is C13H17BrO2. The minimum Gasteiger partial charge on any atom is -0.481 e. The van der Waals surface area contributed by atoms with E-state index in [0.29, 0.717) is 6.42 Å². The molecule has 1 aromatic carbocycles. The maximum absolute atomic E-state index is 11.1. The molecule has 0 amide bonds. The smallest absolute Gasteiger partial charge is 0.309 e. The first-order valence-corrected chi connectivity index (χ1v) is 6.17. The quantitative estimate of drug-likeness (QED) is 0.916. The Balaban J connectivity index is 3.01. The Bertz CT molecular complexity index is 397. The van der Waals surface area contributed by atoms with E-state index in [0.717, 1.165) is 16.5 Å². The van der Waals surface area contributed by atoms with Gasteiger partial charge >= 0.3 is 5.97 Å². The Kier molecular flexibility index (Phi) is 4.14. The van der Waals surface area contributed by atoms with Crippen LogP contribution < -0.4 is 0 Å². The lowest BCUT2D eigenvalue weighted by atomic mass is 9.84. The van der Waals surface area contributed by atoms with Crippen molar-refractivity contribution in [2.24, 2.45) is 5.41 Å². The van der Waals surface area contributed by atoms with Crippen LogP contribution >= 0.6 is 15.9 Å². The number of aliphatic carboxylic acids is 1. The van der Waals surface area contributed by atoms with Gasteiger partial charge in [-0.15, -0.1) is 0 Å². The molecule has 0 saturated carbocycles. The predicted molar refractivity (Wildman–Crippen MR) is 68.6 cm³/mol. The number of benzene rings is 1. The molecule has 88 valence electrons. The standard InChI is InChI=1S/C13H17BrO2/c1-4-9-7-11(14)6-5-10(9)8-13(2,3)12(15)16/h5-7H,4,8H2,1-3H3,(H,15,16). The van der Waals surface area contributed by atoms with Gasteiger partial charge in [-0.2, -0.15) is 0 Å². The maximum Gasteiger partial charge on any atom is 0.309 e. The van der Waals surface area contributed by atoms with Crippen molar-refractivity contribution in [1.82, 2.24) is 0 Å². The third kappa shape index (κ3) is 3.08.